The molecule has 1 amide bonds. The van der Waals surface area contributed by atoms with Gasteiger partial charge in [-0.05, 0) is 42.2 Å². The fraction of sp³-hybridized carbons (Fsp3) is 0.409. The molecule has 1 aromatic carbocycles. The molecule has 7 N–H and O–H groups in total. The molecule has 3 aromatic rings. The third-order valence-electron chi connectivity index (χ3n) is 5.69. The van der Waals surface area contributed by atoms with Gasteiger partial charge in [0, 0.05) is 6.20 Å². The first-order chi connectivity index (χ1) is 16.3. The molecule has 182 valence electrons. The average Bonchev–Trinajstić information content (AvgIpc) is 3.16. The van der Waals surface area contributed by atoms with Gasteiger partial charge < -0.3 is 40.7 Å². The standard InChI is InChI=1S/C22H26N4O8/c23-15(29)9-26-20-16(12(7-8-24-20)4-1-11-2-5-13(28)6-3-11)21(25-26)34-22-19(32)18(31)17(30)14(10-27)33-22/h2-3,5-8,14,17-19,22,27-28,30-32H,1,4,9-10H2,(H2,23,29)/t14-,17-,18+,19-,22+/m1/s1. The first kappa shape index (κ1) is 23.9. The Morgan fingerprint density at radius 2 is 1.82 bits per heavy atom. The van der Waals surface area contributed by atoms with E-state index in [0.29, 0.717) is 23.9 Å². The van der Waals surface area contributed by atoms with E-state index in [1.54, 1.807) is 36.5 Å². The third-order valence-corrected chi connectivity index (χ3v) is 5.69. The molecule has 4 rings (SSSR count). The van der Waals surface area contributed by atoms with Crippen LogP contribution in [0.25, 0.3) is 11.0 Å². The zero-order valence-corrected chi connectivity index (χ0v) is 18.1. The Morgan fingerprint density at radius 1 is 1.09 bits per heavy atom. The van der Waals surface area contributed by atoms with E-state index in [0.717, 1.165) is 11.1 Å². The Hall–Kier alpha value is -3.29. The number of aromatic hydroxyl groups is 1. The molecule has 1 fully saturated rings. The van der Waals surface area contributed by atoms with E-state index < -0.39 is 43.2 Å². The number of ether oxygens (including phenoxy) is 2. The summed E-state index contributed by atoms with van der Waals surface area (Å²) in [5, 5.41) is 54.1. The Labute approximate surface area is 193 Å². The lowest BCUT2D eigenvalue weighted by Gasteiger charge is -2.39. The van der Waals surface area contributed by atoms with Crippen molar-refractivity contribution in [2.75, 3.05) is 6.61 Å². The van der Waals surface area contributed by atoms with E-state index in [4.69, 9.17) is 15.2 Å². The summed E-state index contributed by atoms with van der Waals surface area (Å²) in [6.45, 7) is -0.885. The lowest BCUT2D eigenvalue weighted by molar-refractivity contribution is -0.278. The number of nitrogens with zero attached hydrogens (tertiary/aromatic N) is 3. The minimum atomic E-state index is -1.63. The number of carbonyl (C=O) groups excluding carboxylic acids is 1. The number of aryl methyl sites for hydroxylation is 2. The van der Waals surface area contributed by atoms with E-state index in [9.17, 15) is 30.3 Å². The number of hydrogen-bond donors (Lipinski definition) is 6. The summed E-state index contributed by atoms with van der Waals surface area (Å²) in [6.07, 6.45) is -4.71. The molecule has 12 heteroatoms. The molecule has 0 saturated carbocycles. The maximum atomic E-state index is 11.6. The van der Waals surface area contributed by atoms with Crippen LogP contribution < -0.4 is 10.5 Å². The smallest absolute Gasteiger partial charge is 0.245 e. The molecule has 3 heterocycles. The molecule has 1 saturated heterocycles. The summed E-state index contributed by atoms with van der Waals surface area (Å²) >= 11 is 0. The van der Waals surface area contributed by atoms with E-state index >= 15 is 0 Å². The van der Waals surface area contributed by atoms with E-state index in [-0.39, 0.29) is 18.2 Å². The summed E-state index contributed by atoms with van der Waals surface area (Å²) in [6, 6.07) is 8.55. The Morgan fingerprint density at radius 3 is 2.50 bits per heavy atom. The van der Waals surface area contributed by atoms with Crippen molar-refractivity contribution < 1.29 is 39.8 Å². The van der Waals surface area contributed by atoms with Gasteiger partial charge in [0.25, 0.3) is 0 Å². The van der Waals surface area contributed by atoms with Crippen LogP contribution in [0.1, 0.15) is 11.1 Å². The minimum Gasteiger partial charge on any atom is -0.508 e. The van der Waals surface area contributed by atoms with Gasteiger partial charge in [-0.3, -0.25) is 4.79 Å². The number of carbonyl (C=O) groups is 1. The zero-order chi connectivity index (χ0) is 24.4. The van der Waals surface area contributed by atoms with E-state index in [2.05, 4.69) is 10.1 Å². The number of pyridine rings is 1. The number of aliphatic hydroxyl groups excluding tert-OH is 4. The predicted molar refractivity (Wildman–Crippen MR) is 117 cm³/mol. The highest BCUT2D eigenvalue weighted by Crippen LogP contribution is 2.31. The quantitative estimate of drug-likeness (QED) is 0.226. The van der Waals surface area contributed by atoms with Crippen molar-refractivity contribution >= 4 is 16.9 Å². The Bertz CT molecular complexity index is 1150. The van der Waals surface area contributed by atoms with Gasteiger partial charge in [0.1, 0.15) is 36.7 Å². The molecule has 2 aromatic heterocycles. The molecular weight excluding hydrogens is 448 g/mol. The lowest BCUT2D eigenvalue weighted by atomic mass is 9.99. The van der Waals surface area contributed by atoms with Crippen LogP contribution in [0.2, 0.25) is 0 Å². The molecule has 0 radical (unpaired) electrons. The summed E-state index contributed by atoms with van der Waals surface area (Å²) in [4.78, 5) is 15.9. The molecule has 1 aliphatic heterocycles. The maximum Gasteiger partial charge on any atom is 0.245 e. The molecule has 1 aliphatic rings. The first-order valence-electron chi connectivity index (χ1n) is 10.7. The number of aliphatic hydroxyl groups is 4. The van der Waals surface area contributed by atoms with Gasteiger partial charge in [0.15, 0.2) is 5.65 Å². The fourth-order valence-electron chi connectivity index (χ4n) is 3.89. The maximum absolute atomic E-state index is 11.6. The number of rotatable bonds is 8. The SMILES string of the molecule is NC(=O)Cn1nc(O[C@@H]2O[C@H](CO)[C@@H](O)[C@H](O)[C@H]2O)c2c(CCc3ccc(O)cc3)ccnc21. The topological polar surface area (TPSA) is 193 Å². The highest BCUT2D eigenvalue weighted by atomic mass is 16.7. The fourth-order valence-corrected chi connectivity index (χ4v) is 3.89. The summed E-state index contributed by atoms with van der Waals surface area (Å²) in [5.74, 6) is -0.507. The van der Waals surface area contributed by atoms with E-state index in [1.807, 2.05) is 0 Å². The largest absolute Gasteiger partial charge is 0.508 e. The van der Waals surface area contributed by atoms with Crippen molar-refractivity contribution in [1.29, 1.82) is 0 Å². The van der Waals surface area contributed by atoms with Crippen LogP contribution in [0.15, 0.2) is 36.5 Å². The second-order valence-electron chi connectivity index (χ2n) is 8.08. The van der Waals surface area contributed by atoms with Gasteiger partial charge in [0.05, 0.1) is 12.0 Å². The predicted octanol–water partition coefficient (Wildman–Crippen LogP) is -1.41. The highest BCUT2D eigenvalue weighted by molar-refractivity contribution is 5.86. The van der Waals surface area contributed by atoms with Crippen LogP contribution in [-0.4, -0.2) is 83.5 Å². The van der Waals surface area contributed by atoms with Gasteiger partial charge in [-0.15, -0.1) is 5.10 Å². The number of benzene rings is 1. The number of phenolic OH excluding ortho intramolecular Hbond substituents is 1. The number of fused-ring (bicyclic) bond motifs is 1. The third kappa shape index (κ3) is 4.81. The highest BCUT2D eigenvalue weighted by Gasteiger charge is 2.45. The number of primary amides is 1. The monoisotopic (exact) mass is 474 g/mol. The van der Waals surface area contributed by atoms with Crippen LogP contribution in [0, 0.1) is 0 Å². The second-order valence-corrected chi connectivity index (χ2v) is 8.08. The van der Waals surface area contributed by atoms with Crippen molar-refractivity contribution in [2.24, 2.45) is 5.73 Å². The van der Waals surface area contributed by atoms with Crippen LogP contribution in [-0.2, 0) is 28.9 Å². The van der Waals surface area contributed by atoms with E-state index in [1.165, 1.54) is 4.68 Å². The molecule has 34 heavy (non-hydrogen) atoms. The van der Waals surface area contributed by atoms with Crippen molar-refractivity contribution in [1.82, 2.24) is 14.8 Å². The average molecular weight is 474 g/mol. The second kappa shape index (κ2) is 9.91. The lowest BCUT2D eigenvalue weighted by Crippen LogP contribution is -2.60. The molecule has 0 aliphatic carbocycles. The molecule has 5 atom stereocenters. The zero-order valence-electron chi connectivity index (χ0n) is 18.1. The number of amides is 1. The van der Waals surface area contributed by atoms with Crippen LogP contribution in [0.3, 0.4) is 0 Å². The van der Waals surface area contributed by atoms with Crippen molar-refractivity contribution in [3.63, 3.8) is 0 Å². The normalized spacial score (nSPS) is 24.9. The van der Waals surface area contributed by atoms with Gasteiger partial charge in [-0.25, -0.2) is 9.67 Å². The number of hydrogen-bond acceptors (Lipinski definition) is 10. The molecule has 0 unspecified atom stereocenters. The van der Waals surface area contributed by atoms with Gasteiger partial charge in [-0.1, -0.05) is 12.1 Å². The van der Waals surface area contributed by atoms with Crippen molar-refractivity contribution in [2.45, 2.75) is 50.1 Å². The molecule has 0 spiro atoms. The van der Waals surface area contributed by atoms with Crippen LogP contribution >= 0.6 is 0 Å². The van der Waals surface area contributed by atoms with Crippen molar-refractivity contribution in [3.8, 4) is 11.6 Å². The van der Waals surface area contributed by atoms with Gasteiger partial charge in [0.2, 0.25) is 18.1 Å². The van der Waals surface area contributed by atoms with Crippen LogP contribution in [0.4, 0.5) is 0 Å². The summed E-state index contributed by atoms with van der Waals surface area (Å²) in [5.41, 5.74) is 7.41. The Balaban J connectivity index is 1.68. The number of aromatic nitrogens is 3. The first-order valence-corrected chi connectivity index (χ1v) is 10.7. The van der Waals surface area contributed by atoms with Gasteiger partial charge >= 0.3 is 0 Å². The summed E-state index contributed by atoms with van der Waals surface area (Å²) in [7, 11) is 0. The minimum absolute atomic E-state index is 0.0191. The summed E-state index contributed by atoms with van der Waals surface area (Å²) < 4.78 is 12.5. The van der Waals surface area contributed by atoms with Gasteiger partial charge in [-0.2, -0.15) is 0 Å². The molecule has 0 bridgehead atoms. The molecular formula is C22H26N4O8. The number of phenols is 1. The van der Waals surface area contributed by atoms with Crippen molar-refractivity contribution in [3.05, 3.63) is 47.7 Å². The van der Waals surface area contributed by atoms with Crippen LogP contribution in [0.5, 0.6) is 11.6 Å². The number of nitrogens with two attached hydrogens (primary N) is 1. The molecule has 12 nitrogen and oxygen atoms in total. The Kier molecular flexibility index (Phi) is 6.95.